The number of amides is 1. The van der Waals surface area contributed by atoms with Crippen molar-refractivity contribution in [2.75, 3.05) is 17.3 Å². The van der Waals surface area contributed by atoms with Crippen LogP contribution in [0.15, 0.2) is 17.5 Å². The molecule has 1 aliphatic heterocycles. The Kier molecular flexibility index (Phi) is 5.61. The number of thioether (sulfide) groups is 1. The second-order valence-electron chi connectivity index (χ2n) is 6.72. The number of sulfone groups is 1. The van der Waals surface area contributed by atoms with Crippen LogP contribution >= 0.6 is 23.1 Å². The maximum atomic E-state index is 12.2. The second kappa shape index (κ2) is 6.93. The smallest absolute Gasteiger partial charge is 0.230 e. The molecule has 1 amide bonds. The normalized spacial score (nSPS) is 22.4. The topological polar surface area (TPSA) is 63.2 Å². The molecule has 2 atom stereocenters. The average molecular weight is 362 g/mol. The molecule has 0 aliphatic carbocycles. The predicted octanol–water partition coefficient (Wildman–Crippen LogP) is 2.87. The SMILES string of the molecule is CC(C)(C)C(NC(=O)CSC1CCS(=O)(=O)C1)c1cccs1. The van der Waals surface area contributed by atoms with Crippen LogP contribution in [0.5, 0.6) is 0 Å². The van der Waals surface area contributed by atoms with Crippen LogP contribution in [-0.2, 0) is 14.6 Å². The van der Waals surface area contributed by atoms with Crippen molar-refractivity contribution in [3.8, 4) is 0 Å². The highest BCUT2D eigenvalue weighted by Gasteiger charge is 2.31. The van der Waals surface area contributed by atoms with Gasteiger partial charge in [0, 0.05) is 10.1 Å². The van der Waals surface area contributed by atoms with Crippen LogP contribution in [0.1, 0.15) is 38.1 Å². The lowest BCUT2D eigenvalue weighted by atomic mass is 9.86. The van der Waals surface area contributed by atoms with Crippen molar-refractivity contribution >= 4 is 38.8 Å². The highest BCUT2D eigenvalue weighted by atomic mass is 32.2. The molecule has 2 heterocycles. The Morgan fingerprint density at radius 3 is 2.73 bits per heavy atom. The van der Waals surface area contributed by atoms with Gasteiger partial charge in [0.15, 0.2) is 9.84 Å². The molecule has 1 aromatic rings. The Balaban J connectivity index is 1.89. The lowest BCUT2D eigenvalue weighted by Crippen LogP contribution is -2.37. The van der Waals surface area contributed by atoms with E-state index in [1.54, 1.807) is 11.3 Å². The summed E-state index contributed by atoms with van der Waals surface area (Å²) in [6.45, 7) is 6.32. The summed E-state index contributed by atoms with van der Waals surface area (Å²) in [4.78, 5) is 13.4. The number of carbonyl (C=O) groups excluding carboxylic acids is 1. The van der Waals surface area contributed by atoms with Crippen LogP contribution in [0, 0.1) is 5.41 Å². The molecule has 124 valence electrons. The molecule has 1 saturated heterocycles. The molecule has 0 spiro atoms. The van der Waals surface area contributed by atoms with Gasteiger partial charge in [-0.05, 0) is 23.3 Å². The molecule has 2 unspecified atom stereocenters. The van der Waals surface area contributed by atoms with E-state index in [0.29, 0.717) is 12.2 Å². The van der Waals surface area contributed by atoms with E-state index >= 15 is 0 Å². The van der Waals surface area contributed by atoms with E-state index in [9.17, 15) is 13.2 Å². The van der Waals surface area contributed by atoms with E-state index in [-0.39, 0.29) is 34.1 Å². The zero-order valence-electron chi connectivity index (χ0n) is 13.2. The van der Waals surface area contributed by atoms with Gasteiger partial charge >= 0.3 is 0 Å². The largest absolute Gasteiger partial charge is 0.347 e. The molecule has 7 heteroatoms. The molecule has 0 saturated carbocycles. The first-order valence-corrected chi connectivity index (χ1v) is 11.1. The molecule has 4 nitrogen and oxygen atoms in total. The van der Waals surface area contributed by atoms with Gasteiger partial charge in [-0.1, -0.05) is 26.8 Å². The van der Waals surface area contributed by atoms with Crippen LogP contribution in [0.3, 0.4) is 0 Å². The van der Waals surface area contributed by atoms with Crippen molar-refractivity contribution in [3.05, 3.63) is 22.4 Å². The number of carbonyl (C=O) groups is 1. The molecule has 0 aromatic carbocycles. The maximum absolute atomic E-state index is 12.2. The molecule has 0 radical (unpaired) electrons. The quantitative estimate of drug-likeness (QED) is 0.876. The van der Waals surface area contributed by atoms with E-state index in [1.165, 1.54) is 11.8 Å². The third kappa shape index (κ3) is 4.99. The lowest BCUT2D eigenvalue weighted by Gasteiger charge is -2.30. The number of nitrogens with one attached hydrogen (secondary N) is 1. The van der Waals surface area contributed by atoms with Crippen molar-refractivity contribution in [1.82, 2.24) is 5.32 Å². The molecule has 1 aromatic heterocycles. The van der Waals surface area contributed by atoms with E-state index < -0.39 is 9.84 Å². The first-order chi connectivity index (χ1) is 10.2. The molecule has 0 bridgehead atoms. The minimum Gasteiger partial charge on any atom is -0.347 e. The Labute approximate surface area is 141 Å². The maximum Gasteiger partial charge on any atom is 0.230 e. The van der Waals surface area contributed by atoms with Gasteiger partial charge in [0.2, 0.25) is 5.91 Å². The van der Waals surface area contributed by atoms with Gasteiger partial charge in [0.25, 0.3) is 0 Å². The molecular formula is C15H23NO3S3. The zero-order valence-corrected chi connectivity index (χ0v) is 15.6. The van der Waals surface area contributed by atoms with Crippen molar-refractivity contribution in [2.24, 2.45) is 5.41 Å². The Bertz CT molecular complexity index is 602. The van der Waals surface area contributed by atoms with E-state index in [1.807, 2.05) is 17.5 Å². The highest BCUT2D eigenvalue weighted by molar-refractivity contribution is 8.02. The summed E-state index contributed by atoms with van der Waals surface area (Å²) in [7, 11) is -2.88. The van der Waals surface area contributed by atoms with Crippen molar-refractivity contribution < 1.29 is 13.2 Å². The summed E-state index contributed by atoms with van der Waals surface area (Å²) >= 11 is 3.10. The number of rotatable bonds is 5. The minimum absolute atomic E-state index is 0.0205. The zero-order chi connectivity index (χ0) is 16.4. The molecule has 22 heavy (non-hydrogen) atoms. The van der Waals surface area contributed by atoms with Crippen LogP contribution in [0.4, 0.5) is 0 Å². The Morgan fingerprint density at radius 1 is 1.50 bits per heavy atom. The molecule has 1 fully saturated rings. The minimum atomic E-state index is -2.88. The van der Waals surface area contributed by atoms with Gasteiger partial charge in [-0.15, -0.1) is 23.1 Å². The van der Waals surface area contributed by atoms with Crippen LogP contribution in [0.2, 0.25) is 0 Å². The third-order valence-corrected chi connectivity index (χ3v) is 7.86. The fourth-order valence-electron chi connectivity index (χ4n) is 2.46. The summed E-state index contributed by atoms with van der Waals surface area (Å²) in [6, 6.07) is 4.01. The van der Waals surface area contributed by atoms with Crippen molar-refractivity contribution in [2.45, 2.75) is 38.5 Å². The first kappa shape index (κ1) is 17.8. The second-order valence-corrected chi connectivity index (χ2v) is 11.2. The summed E-state index contributed by atoms with van der Waals surface area (Å²) in [5.41, 5.74) is -0.0676. The number of hydrogen-bond acceptors (Lipinski definition) is 5. The fraction of sp³-hybridized carbons (Fsp3) is 0.667. The highest BCUT2D eigenvalue weighted by Crippen LogP contribution is 2.35. The summed E-state index contributed by atoms with van der Waals surface area (Å²) in [5, 5.41) is 5.18. The summed E-state index contributed by atoms with van der Waals surface area (Å²) < 4.78 is 22.9. The van der Waals surface area contributed by atoms with Gasteiger partial charge in [-0.3, -0.25) is 4.79 Å². The molecular weight excluding hydrogens is 338 g/mol. The van der Waals surface area contributed by atoms with Crippen LogP contribution in [-0.4, -0.2) is 36.8 Å². The monoisotopic (exact) mass is 361 g/mol. The summed E-state index contributed by atoms with van der Waals surface area (Å²) in [5.74, 6) is 0.755. The Hall–Kier alpha value is -0.530. The van der Waals surface area contributed by atoms with Gasteiger partial charge in [-0.2, -0.15) is 0 Å². The van der Waals surface area contributed by atoms with E-state index in [4.69, 9.17) is 0 Å². The van der Waals surface area contributed by atoms with Crippen LogP contribution < -0.4 is 5.32 Å². The van der Waals surface area contributed by atoms with Gasteiger partial charge in [0.1, 0.15) is 0 Å². The summed E-state index contributed by atoms with van der Waals surface area (Å²) in [6.07, 6.45) is 0.661. The molecule has 1 aliphatic rings. The standard InChI is InChI=1S/C15H23NO3S3/c1-15(2,3)14(12-5-4-7-20-12)16-13(17)9-21-11-6-8-22(18,19)10-11/h4-5,7,11,14H,6,8-10H2,1-3H3,(H,16,17). The molecule has 2 rings (SSSR count). The van der Waals surface area contributed by atoms with Crippen molar-refractivity contribution in [1.29, 1.82) is 0 Å². The van der Waals surface area contributed by atoms with Crippen LogP contribution in [0.25, 0.3) is 0 Å². The average Bonchev–Trinajstić information content (AvgIpc) is 3.01. The molecule has 1 N–H and O–H groups in total. The predicted molar refractivity (Wildman–Crippen MR) is 94.2 cm³/mol. The van der Waals surface area contributed by atoms with E-state index in [0.717, 1.165) is 4.88 Å². The van der Waals surface area contributed by atoms with Gasteiger partial charge in [-0.25, -0.2) is 8.42 Å². The fourth-order valence-corrected chi connectivity index (χ4v) is 6.93. The third-order valence-electron chi connectivity index (χ3n) is 3.64. The van der Waals surface area contributed by atoms with Gasteiger partial charge in [0.05, 0.1) is 23.3 Å². The number of hydrogen-bond donors (Lipinski definition) is 1. The van der Waals surface area contributed by atoms with Crippen molar-refractivity contribution in [3.63, 3.8) is 0 Å². The lowest BCUT2D eigenvalue weighted by molar-refractivity contribution is -0.120. The van der Waals surface area contributed by atoms with Gasteiger partial charge < -0.3 is 5.32 Å². The first-order valence-electron chi connectivity index (χ1n) is 7.32. The number of thiophene rings is 1. The Morgan fingerprint density at radius 2 is 2.23 bits per heavy atom. The van der Waals surface area contributed by atoms with E-state index in [2.05, 4.69) is 26.1 Å².